The molecule has 7 nitrogen and oxygen atoms in total. The van der Waals surface area contributed by atoms with Gasteiger partial charge in [0.25, 0.3) is 5.91 Å². The van der Waals surface area contributed by atoms with Crippen molar-refractivity contribution in [3.63, 3.8) is 0 Å². The number of nitrogens with zero attached hydrogens (tertiary/aromatic N) is 2. The fourth-order valence-electron chi connectivity index (χ4n) is 3.96. The summed E-state index contributed by atoms with van der Waals surface area (Å²) >= 11 is 0. The lowest BCUT2D eigenvalue weighted by atomic mass is 9.98. The molecule has 1 N–H and O–H groups in total. The van der Waals surface area contributed by atoms with E-state index in [0.717, 1.165) is 55.1 Å². The van der Waals surface area contributed by atoms with Crippen LogP contribution in [0.1, 0.15) is 33.7 Å². The molecule has 3 heterocycles. The van der Waals surface area contributed by atoms with Crippen LogP contribution in [0.15, 0.2) is 18.2 Å². The summed E-state index contributed by atoms with van der Waals surface area (Å²) in [6, 6.07) is 6.01. The molecule has 1 fully saturated rings. The molecule has 0 saturated carbocycles. The molecule has 1 atom stereocenters. The molecule has 2 aromatic rings. The highest BCUT2D eigenvalue weighted by Crippen LogP contribution is 2.30. The third-order valence-corrected chi connectivity index (χ3v) is 5.44. The van der Waals surface area contributed by atoms with Gasteiger partial charge >= 0.3 is 0 Å². The Morgan fingerprint density at radius 2 is 2.19 bits per heavy atom. The van der Waals surface area contributed by atoms with E-state index in [2.05, 4.69) is 16.3 Å². The van der Waals surface area contributed by atoms with Crippen molar-refractivity contribution in [2.75, 3.05) is 33.9 Å². The predicted octanol–water partition coefficient (Wildman–Crippen LogP) is 2.20. The average molecular weight is 371 g/mol. The minimum atomic E-state index is 0.00723. The van der Waals surface area contributed by atoms with E-state index in [1.807, 2.05) is 17.0 Å². The maximum absolute atomic E-state index is 12.9. The van der Waals surface area contributed by atoms with Crippen LogP contribution in [0.5, 0.6) is 11.5 Å². The maximum atomic E-state index is 12.9. The van der Waals surface area contributed by atoms with E-state index in [-0.39, 0.29) is 5.91 Å². The summed E-state index contributed by atoms with van der Waals surface area (Å²) in [4.78, 5) is 14.8. The van der Waals surface area contributed by atoms with Crippen LogP contribution in [0.3, 0.4) is 0 Å². The molecular formula is C20H25N3O4. The van der Waals surface area contributed by atoms with E-state index in [4.69, 9.17) is 14.2 Å². The first-order valence-electron chi connectivity index (χ1n) is 9.33. The summed E-state index contributed by atoms with van der Waals surface area (Å²) in [5, 5.41) is 7.27. The van der Waals surface area contributed by atoms with Gasteiger partial charge in [-0.15, -0.1) is 0 Å². The summed E-state index contributed by atoms with van der Waals surface area (Å²) in [5.41, 5.74) is 3.68. The minimum absolute atomic E-state index is 0.00723. The van der Waals surface area contributed by atoms with Crippen LogP contribution in [0.4, 0.5) is 0 Å². The number of fused-ring (bicyclic) bond motifs is 1. The lowest BCUT2D eigenvalue weighted by Crippen LogP contribution is -2.30. The molecule has 144 valence electrons. The van der Waals surface area contributed by atoms with Crippen molar-refractivity contribution >= 4 is 5.91 Å². The van der Waals surface area contributed by atoms with Gasteiger partial charge in [-0.2, -0.15) is 5.10 Å². The third kappa shape index (κ3) is 3.51. The van der Waals surface area contributed by atoms with Crippen molar-refractivity contribution in [2.45, 2.75) is 25.9 Å². The Bertz CT molecular complexity index is 833. The molecule has 0 radical (unpaired) electrons. The summed E-state index contributed by atoms with van der Waals surface area (Å²) in [6.07, 6.45) is 2.69. The SMILES string of the molecule is COc1ccc(CC2CCN(C(=O)c3n[nH]c4c3COCC4)C2)cc1OC. The molecule has 4 rings (SSSR count). The van der Waals surface area contributed by atoms with Crippen LogP contribution in [-0.4, -0.2) is 54.9 Å². The molecule has 1 aromatic heterocycles. The van der Waals surface area contributed by atoms with Crippen LogP contribution < -0.4 is 9.47 Å². The first-order chi connectivity index (χ1) is 13.2. The number of amides is 1. The van der Waals surface area contributed by atoms with Gasteiger partial charge in [0.2, 0.25) is 0 Å². The Kier molecular flexibility index (Phi) is 5.03. The van der Waals surface area contributed by atoms with Gasteiger partial charge in [0.05, 0.1) is 27.4 Å². The van der Waals surface area contributed by atoms with Crippen molar-refractivity contribution in [3.05, 3.63) is 40.7 Å². The van der Waals surface area contributed by atoms with E-state index in [9.17, 15) is 4.79 Å². The van der Waals surface area contributed by atoms with Gasteiger partial charge in [-0.1, -0.05) is 6.07 Å². The number of carbonyl (C=O) groups excluding carboxylic acids is 1. The number of H-pyrrole nitrogens is 1. The summed E-state index contributed by atoms with van der Waals surface area (Å²) in [6.45, 7) is 2.66. The lowest BCUT2D eigenvalue weighted by Gasteiger charge is -2.18. The highest BCUT2D eigenvalue weighted by atomic mass is 16.5. The first kappa shape index (κ1) is 17.9. The number of carbonyl (C=O) groups is 1. The normalized spacial score (nSPS) is 19.0. The van der Waals surface area contributed by atoms with Crippen LogP contribution in [-0.2, 0) is 24.2 Å². The molecule has 2 aliphatic rings. The molecule has 1 amide bonds. The van der Waals surface area contributed by atoms with E-state index >= 15 is 0 Å². The van der Waals surface area contributed by atoms with Crippen molar-refractivity contribution in [3.8, 4) is 11.5 Å². The number of rotatable bonds is 5. The highest BCUT2D eigenvalue weighted by molar-refractivity contribution is 5.94. The van der Waals surface area contributed by atoms with Crippen molar-refractivity contribution in [1.82, 2.24) is 15.1 Å². The summed E-state index contributed by atoms with van der Waals surface area (Å²) in [7, 11) is 3.28. The minimum Gasteiger partial charge on any atom is -0.493 e. The van der Waals surface area contributed by atoms with Gasteiger partial charge in [0.1, 0.15) is 0 Å². The summed E-state index contributed by atoms with van der Waals surface area (Å²) < 4.78 is 16.2. The van der Waals surface area contributed by atoms with Crippen molar-refractivity contribution in [2.24, 2.45) is 5.92 Å². The van der Waals surface area contributed by atoms with E-state index in [0.29, 0.717) is 24.8 Å². The Balaban J connectivity index is 1.41. The van der Waals surface area contributed by atoms with Crippen LogP contribution >= 0.6 is 0 Å². The van der Waals surface area contributed by atoms with Gasteiger partial charge in [0.15, 0.2) is 17.2 Å². The van der Waals surface area contributed by atoms with Gasteiger partial charge in [-0.25, -0.2) is 0 Å². The molecule has 1 aromatic carbocycles. The van der Waals surface area contributed by atoms with Crippen molar-refractivity contribution in [1.29, 1.82) is 0 Å². The molecule has 0 spiro atoms. The second kappa shape index (κ2) is 7.60. The molecule has 7 heteroatoms. The second-order valence-electron chi connectivity index (χ2n) is 7.13. The van der Waals surface area contributed by atoms with Gasteiger partial charge in [-0.05, 0) is 36.5 Å². The zero-order valence-electron chi connectivity index (χ0n) is 15.8. The largest absolute Gasteiger partial charge is 0.493 e. The fourth-order valence-corrected chi connectivity index (χ4v) is 3.96. The number of hydrogen-bond acceptors (Lipinski definition) is 5. The van der Waals surface area contributed by atoms with E-state index in [1.54, 1.807) is 14.2 Å². The monoisotopic (exact) mass is 371 g/mol. The Labute approximate surface area is 158 Å². The van der Waals surface area contributed by atoms with Crippen LogP contribution in [0, 0.1) is 5.92 Å². The number of aromatic nitrogens is 2. The number of ether oxygens (including phenoxy) is 3. The number of methoxy groups -OCH3 is 2. The number of likely N-dealkylation sites (tertiary alicyclic amines) is 1. The molecule has 0 aliphatic carbocycles. The van der Waals surface area contributed by atoms with Crippen LogP contribution in [0.2, 0.25) is 0 Å². The average Bonchev–Trinajstić information content (AvgIpc) is 3.34. The molecule has 1 unspecified atom stereocenters. The number of nitrogens with one attached hydrogen (secondary N) is 1. The molecule has 1 saturated heterocycles. The molecular weight excluding hydrogens is 346 g/mol. The Morgan fingerprint density at radius 1 is 1.33 bits per heavy atom. The third-order valence-electron chi connectivity index (χ3n) is 5.44. The highest BCUT2D eigenvalue weighted by Gasteiger charge is 2.31. The van der Waals surface area contributed by atoms with Crippen LogP contribution in [0.25, 0.3) is 0 Å². The topological polar surface area (TPSA) is 76.7 Å². The van der Waals surface area contributed by atoms with Crippen molar-refractivity contribution < 1.29 is 19.0 Å². The molecule has 2 aliphatic heterocycles. The number of hydrogen-bond donors (Lipinski definition) is 1. The summed E-state index contributed by atoms with van der Waals surface area (Å²) in [5.74, 6) is 1.91. The second-order valence-corrected chi connectivity index (χ2v) is 7.13. The van der Waals surface area contributed by atoms with E-state index in [1.165, 1.54) is 5.56 Å². The zero-order valence-corrected chi connectivity index (χ0v) is 15.8. The predicted molar refractivity (Wildman–Crippen MR) is 99.2 cm³/mol. The van der Waals surface area contributed by atoms with Gasteiger partial charge in [0, 0.05) is 30.8 Å². The first-order valence-corrected chi connectivity index (χ1v) is 9.33. The van der Waals surface area contributed by atoms with E-state index < -0.39 is 0 Å². The lowest BCUT2D eigenvalue weighted by molar-refractivity contribution is 0.0766. The number of aromatic amines is 1. The maximum Gasteiger partial charge on any atom is 0.274 e. The molecule has 0 bridgehead atoms. The van der Waals surface area contributed by atoms with Gasteiger partial charge in [-0.3, -0.25) is 9.89 Å². The Morgan fingerprint density at radius 3 is 3.00 bits per heavy atom. The number of benzene rings is 1. The molecule has 27 heavy (non-hydrogen) atoms. The zero-order chi connectivity index (χ0) is 18.8. The Hall–Kier alpha value is -2.54. The fraction of sp³-hybridized carbons (Fsp3) is 0.500. The quantitative estimate of drug-likeness (QED) is 0.872. The standard InChI is InChI=1S/C20H25N3O4/c1-25-17-4-3-13(10-18(17)26-2)9-14-5-7-23(11-14)20(24)19-15-12-27-8-6-16(15)21-22-19/h3-4,10,14H,5-9,11-12H2,1-2H3,(H,21,22). The smallest absolute Gasteiger partial charge is 0.274 e. The van der Waals surface area contributed by atoms with Gasteiger partial charge < -0.3 is 19.1 Å².